The lowest BCUT2D eigenvalue weighted by atomic mass is 10.1. The topological polar surface area (TPSA) is 68.0 Å². The van der Waals surface area contributed by atoms with Crippen molar-refractivity contribution >= 4 is 17.3 Å². The third-order valence-electron chi connectivity index (χ3n) is 3.18. The maximum absolute atomic E-state index is 12.1. The Labute approximate surface area is 112 Å². The Bertz CT molecular complexity index is 618. The minimum atomic E-state index is -0.201. The second-order valence-corrected chi connectivity index (χ2v) is 4.61. The van der Waals surface area contributed by atoms with Crippen molar-refractivity contribution in [1.82, 2.24) is 4.98 Å². The van der Waals surface area contributed by atoms with Crippen molar-refractivity contribution in [3.63, 3.8) is 0 Å². The van der Waals surface area contributed by atoms with Crippen LogP contribution in [-0.4, -0.2) is 10.9 Å². The van der Waals surface area contributed by atoms with Gasteiger partial charge in [0.25, 0.3) is 5.91 Å². The second-order valence-electron chi connectivity index (χ2n) is 4.61. The molecule has 0 spiro atoms. The van der Waals surface area contributed by atoms with Gasteiger partial charge in [-0.05, 0) is 50.1 Å². The monoisotopic (exact) mass is 255 g/mol. The van der Waals surface area contributed by atoms with E-state index in [2.05, 4.69) is 10.3 Å². The Kier molecular flexibility index (Phi) is 3.51. The Morgan fingerprint density at radius 3 is 2.53 bits per heavy atom. The van der Waals surface area contributed by atoms with E-state index in [1.165, 1.54) is 0 Å². The van der Waals surface area contributed by atoms with E-state index >= 15 is 0 Å². The van der Waals surface area contributed by atoms with E-state index in [1.807, 2.05) is 26.8 Å². The first-order valence-corrected chi connectivity index (χ1v) is 6.08. The first-order chi connectivity index (χ1) is 8.99. The zero-order valence-electron chi connectivity index (χ0n) is 11.3. The summed E-state index contributed by atoms with van der Waals surface area (Å²) in [5, 5.41) is 2.85. The summed E-state index contributed by atoms with van der Waals surface area (Å²) in [6.45, 7) is 5.80. The van der Waals surface area contributed by atoms with Gasteiger partial charge in [-0.25, -0.2) is 0 Å². The Hall–Kier alpha value is -2.36. The first kappa shape index (κ1) is 13.1. The number of nitrogens with one attached hydrogen (secondary N) is 1. The van der Waals surface area contributed by atoms with E-state index in [1.54, 1.807) is 24.4 Å². The first-order valence-electron chi connectivity index (χ1n) is 6.08. The Balaban J connectivity index is 2.29. The van der Waals surface area contributed by atoms with Crippen LogP contribution in [0.4, 0.5) is 11.4 Å². The minimum absolute atomic E-state index is 0.201. The van der Waals surface area contributed by atoms with Gasteiger partial charge >= 0.3 is 0 Å². The van der Waals surface area contributed by atoms with Gasteiger partial charge in [0.05, 0.1) is 16.9 Å². The number of benzene rings is 1. The predicted molar refractivity (Wildman–Crippen MR) is 77.3 cm³/mol. The number of carbonyl (C=O) groups excluding carboxylic acids is 1. The van der Waals surface area contributed by atoms with Crippen LogP contribution in [0.3, 0.4) is 0 Å². The molecule has 3 N–H and O–H groups in total. The molecule has 19 heavy (non-hydrogen) atoms. The maximum Gasteiger partial charge on any atom is 0.257 e. The summed E-state index contributed by atoms with van der Waals surface area (Å²) in [5.41, 5.74) is 10.6. The average Bonchev–Trinajstić information content (AvgIpc) is 2.40. The number of aryl methyl sites for hydroxylation is 2. The number of nitrogen functional groups attached to an aromatic ring is 1. The average molecular weight is 255 g/mol. The van der Waals surface area contributed by atoms with Crippen LogP contribution in [0.15, 0.2) is 30.5 Å². The molecule has 0 fully saturated rings. The number of aromatic nitrogens is 1. The van der Waals surface area contributed by atoms with Crippen molar-refractivity contribution in [2.45, 2.75) is 20.8 Å². The molecule has 0 aliphatic rings. The van der Waals surface area contributed by atoms with Crippen LogP contribution in [0.25, 0.3) is 0 Å². The summed E-state index contributed by atoms with van der Waals surface area (Å²) < 4.78 is 0. The van der Waals surface area contributed by atoms with Crippen molar-refractivity contribution in [2.24, 2.45) is 0 Å². The minimum Gasteiger partial charge on any atom is -0.397 e. The number of hydrogen-bond donors (Lipinski definition) is 2. The summed E-state index contributed by atoms with van der Waals surface area (Å²) in [7, 11) is 0. The third kappa shape index (κ3) is 2.73. The van der Waals surface area contributed by atoms with Crippen molar-refractivity contribution in [3.8, 4) is 0 Å². The van der Waals surface area contributed by atoms with Crippen LogP contribution >= 0.6 is 0 Å². The molecule has 1 heterocycles. The fraction of sp³-hybridized carbons (Fsp3) is 0.200. The fourth-order valence-electron chi connectivity index (χ4n) is 1.79. The largest absolute Gasteiger partial charge is 0.397 e. The van der Waals surface area contributed by atoms with Gasteiger partial charge in [-0.2, -0.15) is 0 Å². The quantitative estimate of drug-likeness (QED) is 0.811. The van der Waals surface area contributed by atoms with E-state index in [0.29, 0.717) is 16.9 Å². The number of carbonyl (C=O) groups is 1. The number of pyridine rings is 1. The predicted octanol–water partition coefficient (Wildman–Crippen LogP) is 2.84. The third-order valence-corrected chi connectivity index (χ3v) is 3.18. The molecule has 0 saturated heterocycles. The molecule has 2 aromatic rings. The molecule has 98 valence electrons. The summed E-state index contributed by atoms with van der Waals surface area (Å²) in [6.07, 6.45) is 1.56. The van der Waals surface area contributed by atoms with Gasteiger partial charge in [-0.15, -0.1) is 0 Å². The van der Waals surface area contributed by atoms with Crippen LogP contribution in [0.1, 0.15) is 27.2 Å². The molecule has 4 nitrogen and oxygen atoms in total. The number of nitrogens with zero attached hydrogens (tertiary/aromatic N) is 1. The number of nitrogens with two attached hydrogens (primary N) is 1. The molecule has 2 rings (SSSR count). The second kappa shape index (κ2) is 5.10. The van der Waals surface area contributed by atoms with E-state index < -0.39 is 0 Å². The lowest BCUT2D eigenvalue weighted by Crippen LogP contribution is -2.15. The van der Waals surface area contributed by atoms with E-state index in [0.717, 1.165) is 16.8 Å². The van der Waals surface area contributed by atoms with Gasteiger partial charge in [0.2, 0.25) is 0 Å². The summed E-state index contributed by atoms with van der Waals surface area (Å²) in [5.74, 6) is -0.201. The van der Waals surface area contributed by atoms with E-state index in [9.17, 15) is 4.79 Å². The molecule has 0 atom stereocenters. The molecule has 1 aromatic carbocycles. The lowest BCUT2D eigenvalue weighted by Gasteiger charge is -2.13. The molecule has 0 aliphatic carbocycles. The molecule has 4 heteroatoms. The zero-order chi connectivity index (χ0) is 14.0. The number of amides is 1. The number of hydrogen-bond acceptors (Lipinski definition) is 3. The normalized spacial score (nSPS) is 10.3. The Morgan fingerprint density at radius 2 is 1.89 bits per heavy atom. The maximum atomic E-state index is 12.1. The molecular formula is C15H17N3O. The standard InChI is InChI=1S/C15H17N3O/c1-9-4-7-13(16)14(11(9)3)18-15(19)12-6-5-10(2)17-8-12/h4-8H,16H2,1-3H3,(H,18,19). The summed E-state index contributed by atoms with van der Waals surface area (Å²) in [6, 6.07) is 7.29. The SMILES string of the molecule is Cc1ccc(C(=O)Nc2c(N)ccc(C)c2C)cn1. The van der Waals surface area contributed by atoms with Crippen molar-refractivity contribution in [2.75, 3.05) is 11.1 Å². The van der Waals surface area contributed by atoms with Gasteiger partial charge in [0.1, 0.15) is 0 Å². The molecule has 0 radical (unpaired) electrons. The van der Waals surface area contributed by atoms with E-state index in [-0.39, 0.29) is 5.91 Å². The highest BCUT2D eigenvalue weighted by Crippen LogP contribution is 2.26. The Morgan fingerprint density at radius 1 is 1.16 bits per heavy atom. The van der Waals surface area contributed by atoms with Gasteiger partial charge in [-0.1, -0.05) is 6.07 Å². The van der Waals surface area contributed by atoms with Gasteiger partial charge in [0, 0.05) is 11.9 Å². The van der Waals surface area contributed by atoms with Crippen molar-refractivity contribution in [3.05, 3.63) is 52.8 Å². The number of rotatable bonds is 2. The molecule has 0 bridgehead atoms. The van der Waals surface area contributed by atoms with Gasteiger partial charge in [0.15, 0.2) is 0 Å². The summed E-state index contributed by atoms with van der Waals surface area (Å²) >= 11 is 0. The smallest absolute Gasteiger partial charge is 0.257 e. The molecular weight excluding hydrogens is 238 g/mol. The highest BCUT2D eigenvalue weighted by atomic mass is 16.1. The van der Waals surface area contributed by atoms with E-state index in [4.69, 9.17) is 5.73 Å². The van der Waals surface area contributed by atoms with Crippen LogP contribution in [0, 0.1) is 20.8 Å². The summed E-state index contributed by atoms with van der Waals surface area (Å²) in [4.78, 5) is 16.2. The van der Waals surface area contributed by atoms with Crippen LogP contribution in [0.5, 0.6) is 0 Å². The van der Waals surface area contributed by atoms with Crippen LogP contribution in [0.2, 0.25) is 0 Å². The fourth-order valence-corrected chi connectivity index (χ4v) is 1.79. The van der Waals surface area contributed by atoms with Gasteiger partial charge < -0.3 is 11.1 Å². The molecule has 0 unspecified atom stereocenters. The molecule has 0 saturated carbocycles. The van der Waals surface area contributed by atoms with Gasteiger partial charge in [-0.3, -0.25) is 9.78 Å². The van der Waals surface area contributed by atoms with Crippen molar-refractivity contribution < 1.29 is 4.79 Å². The van der Waals surface area contributed by atoms with Crippen LogP contribution in [-0.2, 0) is 0 Å². The highest BCUT2D eigenvalue weighted by Gasteiger charge is 2.11. The lowest BCUT2D eigenvalue weighted by molar-refractivity contribution is 0.102. The zero-order valence-corrected chi connectivity index (χ0v) is 11.3. The highest BCUT2D eigenvalue weighted by molar-refractivity contribution is 6.06. The molecule has 1 aromatic heterocycles. The molecule has 0 aliphatic heterocycles. The van der Waals surface area contributed by atoms with Crippen LogP contribution < -0.4 is 11.1 Å². The molecule has 1 amide bonds. The number of anilines is 2. The van der Waals surface area contributed by atoms with Crippen molar-refractivity contribution in [1.29, 1.82) is 0 Å².